The Morgan fingerprint density at radius 2 is 2.25 bits per heavy atom. The van der Waals surface area contributed by atoms with Crippen LogP contribution in [0.4, 0.5) is 0 Å². The SMILES string of the molecule is CCOc1c(Cl)cccc1CO. The van der Waals surface area contributed by atoms with Crippen molar-refractivity contribution in [3.8, 4) is 5.75 Å². The maximum Gasteiger partial charge on any atom is 0.143 e. The average Bonchev–Trinajstić information content (AvgIpc) is 2.09. The van der Waals surface area contributed by atoms with Crippen molar-refractivity contribution in [2.24, 2.45) is 0 Å². The summed E-state index contributed by atoms with van der Waals surface area (Å²) in [6.45, 7) is 2.39. The van der Waals surface area contributed by atoms with Crippen LogP contribution < -0.4 is 4.74 Å². The molecular weight excluding hydrogens is 176 g/mol. The van der Waals surface area contributed by atoms with Gasteiger partial charge in [-0.2, -0.15) is 0 Å². The number of ether oxygens (including phenoxy) is 1. The maximum atomic E-state index is 8.93. The Bertz CT molecular complexity index is 261. The van der Waals surface area contributed by atoms with Gasteiger partial charge in [0.05, 0.1) is 18.2 Å². The molecule has 0 spiro atoms. The van der Waals surface area contributed by atoms with Crippen LogP contribution >= 0.6 is 11.6 Å². The van der Waals surface area contributed by atoms with Gasteiger partial charge in [0, 0.05) is 5.56 Å². The standard InChI is InChI=1S/C9H11ClO2/c1-2-12-9-7(6-11)4-3-5-8(9)10/h3-5,11H,2,6H2,1H3. The fourth-order valence-electron chi connectivity index (χ4n) is 0.984. The van der Waals surface area contributed by atoms with Crippen LogP contribution in [0.2, 0.25) is 5.02 Å². The first-order valence-corrected chi connectivity index (χ1v) is 4.18. The summed E-state index contributed by atoms with van der Waals surface area (Å²) >= 11 is 5.85. The first-order chi connectivity index (χ1) is 5.79. The lowest BCUT2D eigenvalue weighted by Gasteiger charge is -2.09. The van der Waals surface area contributed by atoms with E-state index < -0.39 is 0 Å². The van der Waals surface area contributed by atoms with E-state index in [2.05, 4.69) is 0 Å². The fraction of sp³-hybridized carbons (Fsp3) is 0.333. The molecule has 0 fully saturated rings. The van der Waals surface area contributed by atoms with Crippen molar-refractivity contribution in [3.05, 3.63) is 28.8 Å². The maximum absolute atomic E-state index is 8.93. The summed E-state index contributed by atoms with van der Waals surface area (Å²) in [6.07, 6.45) is 0. The third-order valence-corrected chi connectivity index (χ3v) is 1.81. The summed E-state index contributed by atoms with van der Waals surface area (Å²) < 4.78 is 5.27. The topological polar surface area (TPSA) is 29.5 Å². The molecule has 1 N–H and O–H groups in total. The van der Waals surface area contributed by atoms with Crippen molar-refractivity contribution in [1.82, 2.24) is 0 Å². The Kier molecular flexibility index (Phi) is 3.38. The molecule has 0 amide bonds. The molecule has 1 rings (SSSR count). The van der Waals surface area contributed by atoms with Gasteiger partial charge in [0.2, 0.25) is 0 Å². The Morgan fingerprint density at radius 1 is 1.50 bits per heavy atom. The van der Waals surface area contributed by atoms with Gasteiger partial charge in [0.1, 0.15) is 5.75 Å². The first kappa shape index (κ1) is 9.36. The van der Waals surface area contributed by atoms with Crippen molar-refractivity contribution in [2.45, 2.75) is 13.5 Å². The molecule has 0 unspecified atom stereocenters. The largest absolute Gasteiger partial charge is 0.492 e. The van der Waals surface area contributed by atoms with Gasteiger partial charge in [-0.25, -0.2) is 0 Å². The highest BCUT2D eigenvalue weighted by Crippen LogP contribution is 2.28. The summed E-state index contributed by atoms with van der Waals surface area (Å²) in [5.41, 5.74) is 0.726. The second-order valence-corrected chi connectivity index (χ2v) is 2.73. The molecule has 0 saturated carbocycles. The van der Waals surface area contributed by atoms with Crippen LogP contribution in [0.25, 0.3) is 0 Å². The Morgan fingerprint density at radius 3 is 2.83 bits per heavy atom. The molecule has 1 aromatic carbocycles. The Hall–Kier alpha value is -0.730. The fourth-order valence-corrected chi connectivity index (χ4v) is 1.23. The molecular formula is C9H11ClO2. The number of hydrogen-bond donors (Lipinski definition) is 1. The van der Waals surface area contributed by atoms with Gasteiger partial charge in [-0.1, -0.05) is 23.7 Å². The van der Waals surface area contributed by atoms with Crippen LogP contribution in [0.15, 0.2) is 18.2 Å². The molecule has 0 aliphatic heterocycles. The van der Waals surface area contributed by atoms with E-state index in [1.807, 2.05) is 6.92 Å². The highest BCUT2D eigenvalue weighted by molar-refractivity contribution is 6.32. The van der Waals surface area contributed by atoms with Crippen molar-refractivity contribution in [2.75, 3.05) is 6.61 Å². The predicted molar refractivity (Wildman–Crippen MR) is 48.5 cm³/mol. The predicted octanol–water partition coefficient (Wildman–Crippen LogP) is 2.23. The van der Waals surface area contributed by atoms with Crippen molar-refractivity contribution >= 4 is 11.6 Å². The molecule has 0 atom stereocenters. The summed E-state index contributed by atoms with van der Waals surface area (Å²) in [4.78, 5) is 0. The van der Waals surface area contributed by atoms with Crippen LogP contribution in [0, 0.1) is 0 Å². The number of aliphatic hydroxyl groups excluding tert-OH is 1. The van der Waals surface area contributed by atoms with Crippen molar-refractivity contribution in [1.29, 1.82) is 0 Å². The monoisotopic (exact) mass is 186 g/mol. The smallest absolute Gasteiger partial charge is 0.143 e. The Balaban J connectivity index is 3.02. The van der Waals surface area contributed by atoms with E-state index in [1.165, 1.54) is 0 Å². The van der Waals surface area contributed by atoms with Gasteiger partial charge in [-0.15, -0.1) is 0 Å². The number of para-hydroxylation sites is 1. The molecule has 0 aliphatic carbocycles. The van der Waals surface area contributed by atoms with Crippen LogP contribution in [-0.4, -0.2) is 11.7 Å². The van der Waals surface area contributed by atoms with Crippen molar-refractivity contribution in [3.63, 3.8) is 0 Å². The summed E-state index contributed by atoms with van der Waals surface area (Å²) in [5.74, 6) is 0.587. The minimum Gasteiger partial charge on any atom is -0.492 e. The molecule has 0 saturated heterocycles. The number of aliphatic hydroxyl groups is 1. The minimum absolute atomic E-state index is 0.0457. The van der Waals surface area contributed by atoms with Gasteiger partial charge >= 0.3 is 0 Å². The number of hydrogen-bond acceptors (Lipinski definition) is 2. The lowest BCUT2D eigenvalue weighted by Crippen LogP contribution is -1.97. The molecule has 0 radical (unpaired) electrons. The van der Waals surface area contributed by atoms with E-state index in [0.29, 0.717) is 17.4 Å². The average molecular weight is 187 g/mol. The zero-order chi connectivity index (χ0) is 8.97. The van der Waals surface area contributed by atoms with Gasteiger partial charge in [0.15, 0.2) is 0 Å². The molecule has 12 heavy (non-hydrogen) atoms. The van der Waals surface area contributed by atoms with E-state index in [4.69, 9.17) is 21.4 Å². The highest BCUT2D eigenvalue weighted by Gasteiger charge is 2.05. The third kappa shape index (κ3) is 1.90. The molecule has 0 heterocycles. The summed E-state index contributed by atoms with van der Waals surface area (Å²) in [5, 5.41) is 9.48. The van der Waals surface area contributed by atoms with Gasteiger partial charge < -0.3 is 9.84 Å². The number of rotatable bonds is 3. The van der Waals surface area contributed by atoms with E-state index in [9.17, 15) is 0 Å². The first-order valence-electron chi connectivity index (χ1n) is 3.80. The molecule has 66 valence electrons. The molecule has 3 heteroatoms. The summed E-state index contributed by atoms with van der Waals surface area (Å²) in [7, 11) is 0. The van der Waals surface area contributed by atoms with Crippen LogP contribution in [0.1, 0.15) is 12.5 Å². The lowest BCUT2D eigenvalue weighted by molar-refractivity contribution is 0.267. The van der Waals surface area contributed by atoms with E-state index in [-0.39, 0.29) is 6.61 Å². The molecule has 0 aliphatic rings. The van der Waals surface area contributed by atoms with E-state index >= 15 is 0 Å². The molecule has 1 aromatic rings. The molecule has 2 nitrogen and oxygen atoms in total. The van der Waals surface area contributed by atoms with E-state index in [1.54, 1.807) is 18.2 Å². The second-order valence-electron chi connectivity index (χ2n) is 2.32. The van der Waals surface area contributed by atoms with Gasteiger partial charge in [0.25, 0.3) is 0 Å². The van der Waals surface area contributed by atoms with E-state index in [0.717, 1.165) is 5.56 Å². The molecule has 0 bridgehead atoms. The Labute approximate surface area is 76.7 Å². The van der Waals surface area contributed by atoms with Gasteiger partial charge in [-0.3, -0.25) is 0 Å². The van der Waals surface area contributed by atoms with Crippen LogP contribution in [-0.2, 0) is 6.61 Å². The third-order valence-electron chi connectivity index (χ3n) is 1.51. The van der Waals surface area contributed by atoms with Crippen LogP contribution in [0.5, 0.6) is 5.75 Å². The number of benzene rings is 1. The minimum atomic E-state index is -0.0457. The lowest BCUT2D eigenvalue weighted by atomic mass is 10.2. The van der Waals surface area contributed by atoms with Crippen molar-refractivity contribution < 1.29 is 9.84 Å². The summed E-state index contributed by atoms with van der Waals surface area (Å²) in [6, 6.07) is 5.32. The van der Waals surface area contributed by atoms with Crippen LogP contribution in [0.3, 0.4) is 0 Å². The normalized spacial score (nSPS) is 9.92. The zero-order valence-electron chi connectivity index (χ0n) is 6.88. The molecule has 0 aromatic heterocycles. The highest BCUT2D eigenvalue weighted by atomic mass is 35.5. The zero-order valence-corrected chi connectivity index (χ0v) is 7.64. The second kappa shape index (κ2) is 4.33. The number of halogens is 1. The van der Waals surface area contributed by atoms with Gasteiger partial charge in [-0.05, 0) is 13.0 Å². The quantitative estimate of drug-likeness (QED) is 0.785.